The number of nitrogens with one attached hydrogen (secondary N) is 1. The molecule has 4 rings (SSSR count). The van der Waals surface area contributed by atoms with Gasteiger partial charge in [0.2, 0.25) is 11.8 Å². The molecule has 2 amide bonds. The van der Waals surface area contributed by atoms with Gasteiger partial charge in [-0.2, -0.15) is 0 Å². The van der Waals surface area contributed by atoms with Crippen LogP contribution in [-0.2, 0) is 32.6 Å². The van der Waals surface area contributed by atoms with Gasteiger partial charge in [0.25, 0.3) is 10.0 Å². The van der Waals surface area contributed by atoms with E-state index in [1.165, 1.54) is 35.2 Å². The molecule has 0 fully saturated rings. The SMILES string of the molecule is CCCCNC(=O)[C@H](Cc1ccccc1)N(Cc1ccc(C)cc1)C(=O)CN(c1cc(Cl)cc(Cl)c1)S(=O)(=O)c1ccc(C)cc1. The molecular weight excluding hydrogens is 641 g/mol. The minimum absolute atomic E-state index is 0.00484. The highest BCUT2D eigenvalue weighted by molar-refractivity contribution is 7.92. The molecule has 0 spiro atoms. The van der Waals surface area contributed by atoms with Crippen LogP contribution in [-0.4, -0.2) is 44.3 Å². The van der Waals surface area contributed by atoms with Crippen molar-refractivity contribution in [1.82, 2.24) is 10.2 Å². The van der Waals surface area contributed by atoms with Gasteiger partial charge in [-0.3, -0.25) is 13.9 Å². The van der Waals surface area contributed by atoms with E-state index in [1.807, 2.05) is 75.4 Å². The maximum atomic E-state index is 14.5. The molecule has 46 heavy (non-hydrogen) atoms. The van der Waals surface area contributed by atoms with Crippen LogP contribution >= 0.6 is 23.2 Å². The predicted octanol–water partition coefficient (Wildman–Crippen LogP) is 7.36. The van der Waals surface area contributed by atoms with Crippen LogP contribution in [0.4, 0.5) is 5.69 Å². The first-order valence-electron chi connectivity index (χ1n) is 15.2. The van der Waals surface area contributed by atoms with Gasteiger partial charge in [-0.15, -0.1) is 0 Å². The first-order chi connectivity index (χ1) is 22.0. The van der Waals surface area contributed by atoms with Gasteiger partial charge in [0, 0.05) is 29.6 Å². The number of halogens is 2. The number of hydrogen-bond acceptors (Lipinski definition) is 4. The second-order valence-corrected chi connectivity index (χ2v) is 14.0. The number of carbonyl (C=O) groups is 2. The zero-order chi connectivity index (χ0) is 33.3. The van der Waals surface area contributed by atoms with Crippen LogP contribution in [0.2, 0.25) is 10.0 Å². The van der Waals surface area contributed by atoms with Crippen molar-refractivity contribution < 1.29 is 18.0 Å². The standard InChI is InChI=1S/C36H39Cl2N3O4S/c1-4-5-19-39-36(43)34(20-28-9-7-6-8-10-28)40(24-29-15-11-26(2)12-16-29)35(42)25-41(32-22-30(37)21-31(38)23-32)46(44,45)33-17-13-27(3)14-18-33/h6-18,21-23,34H,4-5,19-20,24-25H2,1-3H3,(H,39,43)/t34-/m0/s1. The third-order valence-electron chi connectivity index (χ3n) is 7.60. The van der Waals surface area contributed by atoms with Crippen LogP contribution in [0.1, 0.15) is 42.0 Å². The smallest absolute Gasteiger partial charge is 0.264 e. The Balaban J connectivity index is 1.81. The van der Waals surface area contributed by atoms with Gasteiger partial charge in [-0.25, -0.2) is 8.42 Å². The van der Waals surface area contributed by atoms with Crippen molar-refractivity contribution in [3.8, 4) is 0 Å². The highest BCUT2D eigenvalue weighted by atomic mass is 35.5. The zero-order valence-electron chi connectivity index (χ0n) is 26.2. The van der Waals surface area contributed by atoms with Gasteiger partial charge >= 0.3 is 0 Å². The van der Waals surface area contributed by atoms with Crippen LogP contribution in [0.5, 0.6) is 0 Å². The lowest BCUT2D eigenvalue weighted by molar-refractivity contribution is -0.140. The number of hydrogen-bond donors (Lipinski definition) is 1. The molecule has 0 aliphatic rings. The molecule has 0 bridgehead atoms. The maximum Gasteiger partial charge on any atom is 0.264 e. The fraction of sp³-hybridized carbons (Fsp3) is 0.278. The Morgan fingerprint density at radius 2 is 1.39 bits per heavy atom. The quantitative estimate of drug-likeness (QED) is 0.141. The van der Waals surface area contributed by atoms with Crippen molar-refractivity contribution in [3.05, 3.63) is 129 Å². The summed E-state index contributed by atoms with van der Waals surface area (Å²) >= 11 is 12.6. The molecule has 0 aliphatic carbocycles. The molecule has 0 aromatic heterocycles. The van der Waals surface area contributed by atoms with Gasteiger partial charge in [0.1, 0.15) is 12.6 Å². The third kappa shape index (κ3) is 9.34. The van der Waals surface area contributed by atoms with Crippen LogP contribution in [0.3, 0.4) is 0 Å². The average Bonchev–Trinajstić information content (AvgIpc) is 3.02. The first-order valence-corrected chi connectivity index (χ1v) is 17.4. The number of carbonyl (C=O) groups excluding carboxylic acids is 2. The minimum atomic E-state index is -4.27. The second-order valence-electron chi connectivity index (χ2n) is 11.3. The van der Waals surface area contributed by atoms with Crippen LogP contribution in [0, 0.1) is 13.8 Å². The second kappa shape index (κ2) is 16.1. The molecule has 0 heterocycles. The van der Waals surface area contributed by atoms with Crippen molar-refractivity contribution in [2.24, 2.45) is 0 Å². The van der Waals surface area contributed by atoms with Crippen LogP contribution in [0.25, 0.3) is 0 Å². The maximum absolute atomic E-state index is 14.5. The highest BCUT2D eigenvalue weighted by Gasteiger charge is 2.34. The van der Waals surface area contributed by atoms with E-state index in [9.17, 15) is 18.0 Å². The lowest BCUT2D eigenvalue weighted by Crippen LogP contribution is -2.53. The Kier molecular flexibility index (Phi) is 12.3. The van der Waals surface area contributed by atoms with Gasteiger partial charge < -0.3 is 10.2 Å². The first kappa shape index (κ1) is 35.0. The molecule has 0 radical (unpaired) electrons. The molecule has 1 N–H and O–H groups in total. The van der Waals surface area contributed by atoms with Gasteiger partial charge in [0.15, 0.2) is 0 Å². The van der Waals surface area contributed by atoms with E-state index >= 15 is 0 Å². The molecule has 0 unspecified atom stereocenters. The summed E-state index contributed by atoms with van der Waals surface area (Å²) in [7, 11) is -4.27. The van der Waals surface area contributed by atoms with Crippen LogP contribution < -0.4 is 9.62 Å². The van der Waals surface area contributed by atoms with E-state index in [0.29, 0.717) is 6.54 Å². The number of rotatable bonds is 14. The molecule has 4 aromatic rings. The summed E-state index contributed by atoms with van der Waals surface area (Å²) in [6.45, 7) is 5.82. The summed E-state index contributed by atoms with van der Waals surface area (Å²) in [5.41, 5.74) is 3.74. The Hall–Kier alpha value is -3.85. The van der Waals surface area contributed by atoms with Gasteiger partial charge in [-0.1, -0.05) is 114 Å². The largest absolute Gasteiger partial charge is 0.354 e. The van der Waals surface area contributed by atoms with E-state index in [1.54, 1.807) is 12.1 Å². The fourth-order valence-corrected chi connectivity index (χ4v) is 6.91. The number of aryl methyl sites for hydroxylation is 2. The normalized spacial score (nSPS) is 11.9. The lowest BCUT2D eigenvalue weighted by Gasteiger charge is -2.34. The minimum Gasteiger partial charge on any atom is -0.354 e. The summed E-state index contributed by atoms with van der Waals surface area (Å²) in [6.07, 6.45) is 1.92. The summed E-state index contributed by atoms with van der Waals surface area (Å²) in [5.74, 6) is -0.865. The van der Waals surface area contributed by atoms with Gasteiger partial charge in [-0.05, 0) is 61.7 Å². The number of amides is 2. The van der Waals surface area contributed by atoms with E-state index in [2.05, 4.69) is 5.32 Å². The molecule has 1 atom stereocenters. The third-order valence-corrected chi connectivity index (χ3v) is 9.82. The number of sulfonamides is 1. The van der Waals surface area contributed by atoms with Crippen molar-refractivity contribution in [2.75, 3.05) is 17.4 Å². The topological polar surface area (TPSA) is 86.8 Å². The van der Waals surface area contributed by atoms with Gasteiger partial charge in [0.05, 0.1) is 10.6 Å². The van der Waals surface area contributed by atoms with Crippen LogP contribution in [0.15, 0.2) is 102 Å². The molecule has 0 aliphatic heterocycles. The Morgan fingerprint density at radius 1 is 0.804 bits per heavy atom. The molecule has 4 aromatic carbocycles. The number of benzene rings is 4. The van der Waals surface area contributed by atoms with Crippen molar-refractivity contribution in [3.63, 3.8) is 0 Å². The Bertz CT molecular complexity index is 1710. The molecule has 242 valence electrons. The Labute approximate surface area is 282 Å². The summed E-state index contributed by atoms with van der Waals surface area (Å²) in [6, 6.07) is 27.0. The zero-order valence-corrected chi connectivity index (χ0v) is 28.6. The summed E-state index contributed by atoms with van der Waals surface area (Å²) < 4.78 is 29.4. The number of anilines is 1. The van der Waals surface area contributed by atoms with E-state index in [4.69, 9.17) is 23.2 Å². The van der Waals surface area contributed by atoms with E-state index in [-0.39, 0.29) is 39.5 Å². The van der Waals surface area contributed by atoms with E-state index < -0.39 is 28.5 Å². The van der Waals surface area contributed by atoms with Crippen molar-refractivity contribution in [2.45, 2.75) is 57.5 Å². The fourth-order valence-electron chi connectivity index (χ4n) is 5.00. The lowest BCUT2D eigenvalue weighted by atomic mass is 10.0. The van der Waals surface area contributed by atoms with Crippen molar-refractivity contribution in [1.29, 1.82) is 0 Å². The monoisotopic (exact) mass is 679 g/mol. The number of unbranched alkanes of at least 4 members (excludes halogenated alkanes) is 1. The Morgan fingerprint density at radius 3 is 1.98 bits per heavy atom. The van der Waals surface area contributed by atoms with E-state index in [0.717, 1.165) is 39.4 Å². The summed E-state index contributed by atoms with van der Waals surface area (Å²) in [5, 5.41) is 3.43. The summed E-state index contributed by atoms with van der Waals surface area (Å²) in [4.78, 5) is 29.9. The molecular formula is C36H39Cl2N3O4S. The molecule has 10 heteroatoms. The molecule has 0 saturated heterocycles. The highest BCUT2D eigenvalue weighted by Crippen LogP contribution is 2.30. The predicted molar refractivity (Wildman–Crippen MR) is 186 cm³/mol. The van der Waals surface area contributed by atoms with Crippen molar-refractivity contribution >= 4 is 50.7 Å². The average molecular weight is 681 g/mol. The molecule has 0 saturated carbocycles. The number of nitrogens with zero attached hydrogens (tertiary/aromatic N) is 2. The molecule has 7 nitrogen and oxygen atoms in total.